The Morgan fingerprint density at radius 2 is 1.71 bits per heavy atom. The van der Waals surface area contributed by atoms with Crippen LogP contribution < -0.4 is 15.1 Å². The maximum atomic E-state index is 13.2. The first kappa shape index (κ1) is 20.0. The van der Waals surface area contributed by atoms with Crippen LogP contribution in [-0.2, 0) is 15.9 Å². The highest BCUT2D eigenvalue weighted by molar-refractivity contribution is 6.65. The van der Waals surface area contributed by atoms with E-state index < -0.39 is 18.3 Å². The van der Waals surface area contributed by atoms with Crippen LogP contribution in [0, 0.1) is 0 Å². The molecule has 1 amide bonds. The molecular weight excluding hydrogens is 391 g/mol. The molecule has 1 fully saturated rings. The zero-order valence-electron chi connectivity index (χ0n) is 18.4. The monoisotopic (exact) mass is 416 g/mol. The fraction of sp³-hybridized carbons (Fsp3) is 0.333. The van der Waals surface area contributed by atoms with Crippen LogP contribution in [0.3, 0.4) is 0 Å². The summed E-state index contributed by atoms with van der Waals surface area (Å²) in [5, 5.41) is 1.79. The summed E-state index contributed by atoms with van der Waals surface area (Å²) < 4.78 is 17.7. The molecular formula is C24H25BN2O4. The number of amides is 1. The normalized spacial score (nSPS) is 18.8. The number of ether oxygens (including phenoxy) is 1. The van der Waals surface area contributed by atoms with Crippen molar-refractivity contribution in [3.63, 3.8) is 0 Å². The van der Waals surface area contributed by atoms with Crippen molar-refractivity contribution >= 4 is 35.1 Å². The number of carbonyl (C=O) groups is 1. The van der Waals surface area contributed by atoms with Gasteiger partial charge in [0, 0.05) is 17.0 Å². The van der Waals surface area contributed by atoms with Crippen LogP contribution >= 0.6 is 0 Å². The number of rotatable bonds is 4. The van der Waals surface area contributed by atoms with Crippen molar-refractivity contribution in [3.05, 3.63) is 59.8 Å². The van der Waals surface area contributed by atoms with E-state index in [9.17, 15) is 4.79 Å². The van der Waals surface area contributed by atoms with Crippen LogP contribution in [0.1, 0.15) is 43.6 Å². The lowest BCUT2D eigenvalue weighted by Gasteiger charge is -2.32. The quantitative estimate of drug-likeness (QED) is 0.607. The summed E-state index contributed by atoms with van der Waals surface area (Å²) in [6.07, 6.45) is 1.78. The Kier molecular flexibility index (Phi) is 4.40. The van der Waals surface area contributed by atoms with E-state index >= 15 is 0 Å². The zero-order chi connectivity index (χ0) is 22.0. The Morgan fingerprint density at radius 3 is 2.35 bits per heavy atom. The van der Waals surface area contributed by atoms with Crippen molar-refractivity contribution in [1.29, 1.82) is 0 Å². The number of pyridine rings is 1. The summed E-state index contributed by atoms with van der Waals surface area (Å²) in [7, 11) is 1.10. The van der Waals surface area contributed by atoms with E-state index in [1.165, 1.54) is 0 Å². The second-order valence-electron chi connectivity index (χ2n) is 9.09. The summed E-state index contributed by atoms with van der Waals surface area (Å²) in [5.74, 6) is 1.41. The van der Waals surface area contributed by atoms with E-state index in [2.05, 4.69) is 0 Å². The predicted molar refractivity (Wildman–Crippen MR) is 121 cm³/mol. The fourth-order valence-electron chi connectivity index (χ4n) is 4.14. The van der Waals surface area contributed by atoms with Gasteiger partial charge in [-0.1, -0.05) is 24.3 Å². The van der Waals surface area contributed by atoms with Gasteiger partial charge in [-0.2, -0.15) is 0 Å². The van der Waals surface area contributed by atoms with Gasteiger partial charge in [0.05, 0.1) is 30.4 Å². The van der Waals surface area contributed by atoms with Crippen molar-refractivity contribution in [2.75, 3.05) is 12.0 Å². The molecule has 1 saturated heterocycles. The van der Waals surface area contributed by atoms with Crippen molar-refractivity contribution in [3.8, 4) is 5.75 Å². The van der Waals surface area contributed by atoms with Crippen LogP contribution in [0.2, 0.25) is 0 Å². The number of anilines is 1. The summed E-state index contributed by atoms with van der Waals surface area (Å²) in [6, 6.07) is 13.5. The number of methoxy groups -OCH3 is 1. The first-order valence-electron chi connectivity index (χ1n) is 10.4. The molecule has 1 aromatic heterocycles. The van der Waals surface area contributed by atoms with Crippen LogP contribution in [-0.4, -0.2) is 36.3 Å². The molecule has 2 aliphatic rings. The van der Waals surface area contributed by atoms with Crippen molar-refractivity contribution < 1.29 is 18.8 Å². The first-order chi connectivity index (χ1) is 14.7. The van der Waals surface area contributed by atoms with Crippen LogP contribution in [0.4, 0.5) is 5.82 Å². The molecule has 2 aromatic carbocycles. The highest BCUT2D eigenvalue weighted by Gasteiger charge is 2.52. The van der Waals surface area contributed by atoms with Crippen LogP contribution in [0.5, 0.6) is 5.75 Å². The molecule has 6 nitrogen and oxygen atoms in total. The summed E-state index contributed by atoms with van der Waals surface area (Å²) in [4.78, 5) is 19.7. The number of nitrogens with zero attached hydrogens (tertiary/aromatic N) is 2. The topological polar surface area (TPSA) is 60.9 Å². The lowest BCUT2D eigenvalue weighted by atomic mass is 9.77. The van der Waals surface area contributed by atoms with Crippen molar-refractivity contribution in [2.45, 2.75) is 45.4 Å². The Balaban J connectivity index is 1.55. The molecule has 0 spiro atoms. The predicted octanol–water partition coefficient (Wildman–Crippen LogP) is 3.70. The summed E-state index contributed by atoms with van der Waals surface area (Å²) >= 11 is 0. The van der Waals surface area contributed by atoms with Gasteiger partial charge in [-0.05, 0) is 56.8 Å². The number of carbonyl (C=O) groups excluding carboxylic acids is 1. The highest BCUT2D eigenvalue weighted by Crippen LogP contribution is 2.39. The Labute approximate surface area is 182 Å². The molecule has 3 heterocycles. The molecule has 158 valence electrons. The van der Waals surface area contributed by atoms with Gasteiger partial charge in [0.2, 0.25) is 0 Å². The number of hydrogen-bond donors (Lipinski definition) is 0. The van der Waals surface area contributed by atoms with Gasteiger partial charge in [-0.25, -0.2) is 4.98 Å². The third kappa shape index (κ3) is 3.03. The Hall–Kier alpha value is -2.90. The molecule has 5 rings (SSSR count). The molecule has 31 heavy (non-hydrogen) atoms. The zero-order valence-corrected chi connectivity index (χ0v) is 18.4. The van der Waals surface area contributed by atoms with Gasteiger partial charge in [-0.15, -0.1) is 0 Å². The molecule has 0 saturated carbocycles. The van der Waals surface area contributed by atoms with Gasteiger partial charge in [0.15, 0.2) is 0 Å². The molecule has 0 N–H and O–H groups in total. The third-order valence-electron chi connectivity index (χ3n) is 6.66. The van der Waals surface area contributed by atoms with E-state index in [0.29, 0.717) is 17.9 Å². The minimum atomic E-state index is -0.535. The second kappa shape index (κ2) is 6.80. The molecule has 7 heteroatoms. The Bertz CT molecular complexity index is 1170. The standard InChI is InChI=1S/C24H25BN2O4/c1-23(2)24(3,4)31-25(30-23)19-13-26-21-20-17(19)7-6-8-18(20)22(28)27(21)14-15-9-11-16(29-5)12-10-15/h6-13H,14H2,1-5H3. The van der Waals surface area contributed by atoms with Gasteiger partial charge in [-0.3, -0.25) is 9.69 Å². The highest BCUT2D eigenvalue weighted by atomic mass is 16.7. The van der Waals surface area contributed by atoms with Gasteiger partial charge in [0.1, 0.15) is 11.6 Å². The van der Waals surface area contributed by atoms with Gasteiger partial charge in [0.25, 0.3) is 5.91 Å². The molecule has 0 bridgehead atoms. The average Bonchev–Trinajstić information content (AvgIpc) is 3.13. The van der Waals surface area contributed by atoms with Crippen LogP contribution in [0.15, 0.2) is 48.7 Å². The largest absolute Gasteiger partial charge is 0.497 e. The van der Waals surface area contributed by atoms with Gasteiger partial charge < -0.3 is 14.0 Å². The van der Waals surface area contributed by atoms with Crippen LogP contribution in [0.25, 0.3) is 10.8 Å². The van der Waals surface area contributed by atoms with E-state index in [1.807, 2.05) is 70.2 Å². The van der Waals surface area contributed by atoms with Crippen molar-refractivity contribution in [1.82, 2.24) is 4.98 Å². The second-order valence-corrected chi connectivity index (χ2v) is 9.09. The molecule has 3 aromatic rings. The third-order valence-corrected chi connectivity index (χ3v) is 6.66. The first-order valence-corrected chi connectivity index (χ1v) is 10.4. The minimum absolute atomic E-state index is 0.0463. The lowest BCUT2D eigenvalue weighted by Crippen LogP contribution is -2.41. The van der Waals surface area contributed by atoms with Gasteiger partial charge >= 0.3 is 7.12 Å². The van der Waals surface area contributed by atoms with E-state index in [0.717, 1.165) is 27.5 Å². The molecule has 0 radical (unpaired) electrons. The van der Waals surface area contributed by atoms with E-state index in [-0.39, 0.29) is 5.91 Å². The summed E-state index contributed by atoms with van der Waals surface area (Å²) in [6.45, 7) is 8.55. The molecule has 2 aliphatic heterocycles. The SMILES string of the molecule is COc1ccc(CN2C(=O)c3cccc4c(B5OC(C)(C)C(C)(C)O5)cnc2c34)cc1. The fourth-order valence-corrected chi connectivity index (χ4v) is 4.14. The van der Waals surface area contributed by atoms with Crippen molar-refractivity contribution in [2.24, 2.45) is 0 Å². The molecule has 0 atom stereocenters. The maximum Gasteiger partial charge on any atom is 0.497 e. The van der Waals surface area contributed by atoms with E-state index in [1.54, 1.807) is 18.2 Å². The molecule has 0 unspecified atom stereocenters. The minimum Gasteiger partial charge on any atom is -0.497 e. The van der Waals surface area contributed by atoms with E-state index in [4.69, 9.17) is 19.0 Å². The number of benzene rings is 2. The number of aromatic nitrogens is 1. The maximum absolute atomic E-state index is 13.2. The Morgan fingerprint density at radius 1 is 1.03 bits per heavy atom. The average molecular weight is 416 g/mol. The smallest absolute Gasteiger partial charge is 0.497 e. The number of hydrogen-bond acceptors (Lipinski definition) is 5. The lowest BCUT2D eigenvalue weighted by molar-refractivity contribution is 0.00578. The summed E-state index contributed by atoms with van der Waals surface area (Å²) in [5.41, 5.74) is 1.62. The molecule has 0 aliphatic carbocycles.